The largest absolute Gasteiger partial charge is 0.382 e. The first kappa shape index (κ1) is 13.9. The molecule has 1 unspecified atom stereocenters. The number of hydrogen-bond acceptors (Lipinski definition) is 3. The van der Waals surface area contributed by atoms with Crippen molar-refractivity contribution in [1.29, 1.82) is 0 Å². The van der Waals surface area contributed by atoms with Gasteiger partial charge in [0.05, 0.1) is 6.10 Å². The lowest BCUT2D eigenvalue weighted by Crippen LogP contribution is -2.19. The number of rotatable bonds is 5. The summed E-state index contributed by atoms with van der Waals surface area (Å²) in [6.07, 6.45) is 2.59. The van der Waals surface area contributed by atoms with E-state index >= 15 is 0 Å². The average Bonchev–Trinajstić information content (AvgIpc) is 2.90. The molecule has 1 aliphatic heterocycles. The van der Waals surface area contributed by atoms with Crippen molar-refractivity contribution in [2.45, 2.75) is 32.8 Å². The van der Waals surface area contributed by atoms with Crippen molar-refractivity contribution >= 4 is 17.3 Å². The van der Waals surface area contributed by atoms with Gasteiger partial charge in [-0.05, 0) is 31.0 Å². The van der Waals surface area contributed by atoms with Crippen LogP contribution in [0, 0.1) is 5.92 Å². The summed E-state index contributed by atoms with van der Waals surface area (Å²) >= 11 is 0. The van der Waals surface area contributed by atoms with E-state index in [2.05, 4.69) is 10.6 Å². The number of ether oxygens (including phenoxy) is 1. The molecule has 2 rings (SSSR count). The van der Waals surface area contributed by atoms with Crippen molar-refractivity contribution < 1.29 is 9.53 Å². The van der Waals surface area contributed by atoms with Gasteiger partial charge in [0.15, 0.2) is 0 Å². The Balaban J connectivity index is 1.89. The zero-order valence-corrected chi connectivity index (χ0v) is 11.6. The van der Waals surface area contributed by atoms with Gasteiger partial charge in [-0.25, -0.2) is 0 Å². The van der Waals surface area contributed by atoms with Gasteiger partial charge in [0, 0.05) is 30.4 Å². The number of benzene rings is 1. The van der Waals surface area contributed by atoms with Crippen LogP contribution in [-0.4, -0.2) is 25.2 Å². The monoisotopic (exact) mass is 262 g/mol. The number of hydrogen-bond donors (Lipinski definition) is 2. The summed E-state index contributed by atoms with van der Waals surface area (Å²) in [6.45, 7) is 5.46. The minimum atomic E-state index is -0.0106. The van der Waals surface area contributed by atoms with Crippen LogP contribution in [0.4, 0.5) is 11.4 Å². The molecular formula is C15H22N2O2. The van der Waals surface area contributed by atoms with Gasteiger partial charge in [0.2, 0.25) is 5.91 Å². The molecule has 1 atom stereocenters. The summed E-state index contributed by atoms with van der Waals surface area (Å²) in [5.41, 5.74) is 1.84. The van der Waals surface area contributed by atoms with Crippen LogP contribution in [0.5, 0.6) is 0 Å². The Bertz CT molecular complexity index is 426. The van der Waals surface area contributed by atoms with Gasteiger partial charge in [0.25, 0.3) is 0 Å². The standard InChI is InChI=1S/C15H22N2O2/c1-11(2)15(18)17-13-6-3-5-12(9-13)16-10-14-7-4-8-19-14/h3,5-6,9,11,14,16H,4,7-8,10H2,1-2H3,(H,17,18). The van der Waals surface area contributed by atoms with E-state index in [9.17, 15) is 4.79 Å². The fourth-order valence-electron chi connectivity index (χ4n) is 2.03. The summed E-state index contributed by atoms with van der Waals surface area (Å²) in [5.74, 6) is 0.0276. The summed E-state index contributed by atoms with van der Waals surface area (Å²) in [5, 5.41) is 6.25. The first-order valence-corrected chi connectivity index (χ1v) is 6.91. The minimum Gasteiger partial charge on any atom is -0.382 e. The van der Waals surface area contributed by atoms with E-state index in [-0.39, 0.29) is 11.8 Å². The second-order valence-electron chi connectivity index (χ2n) is 5.24. The topological polar surface area (TPSA) is 50.4 Å². The van der Waals surface area contributed by atoms with E-state index in [4.69, 9.17) is 4.74 Å². The molecule has 104 valence electrons. The van der Waals surface area contributed by atoms with Crippen LogP contribution < -0.4 is 10.6 Å². The SMILES string of the molecule is CC(C)C(=O)Nc1cccc(NCC2CCCO2)c1. The van der Waals surface area contributed by atoms with E-state index < -0.39 is 0 Å². The Hall–Kier alpha value is -1.55. The van der Waals surface area contributed by atoms with Gasteiger partial charge in [-0.15, -0.1) is 0 Å². The maximum Gasteiger partial charge on any atom is 0.226 e. The van der Waals surface area contributed by atoms with Gasteiger partial charge in [-0.1, -0.05) is 19.9 Å². The van der Waals surface area contributed by atoms with Gasteiger partial charge in [0.1, 0.15) is 0 Å². The van der Waals surface area contributed by atoms with Crippen LogP contribution in [0.1, 0.15) is 26.7 Å². The van der Waals surface area contributed by atoms with Gasteiger partial charge < -0.3 is 15.4 Å². The smallest absolute Gasteiger partial charge is 0.226 e. The molecule has 1 heterocycles. The fourth-order valence-corrected chi connectivity index (χ4v) is 2.03. The number of anilines is 2. The van der Waals surface area contributed by atoms with Crippen molar-refractivity contribution in [3.63, 3.8) is 0 Å². The van der Waals surface area contributed by atoms with Crippen molar-refractivity contribution in [2.24, 2.45) is 5.92 Å². The molecule has 4 heteroatoms. The number of carbonyl (C=O) groups is 1. The van der Waals surface area contributed by atoms with E-state index in [0.717, 1.165) is 37.4 Å². The van der Waals surface area contributed by atoms with E-state index in [0.29, 0.717) is 6.10 Å². The highest BCUT2D eigenvalue weighted by Gasteiger charge is 2.14. The zero-order valence-electron chi connectivity index (χ0n) is 11.6. The molecule has 1 aliphatic rings. The summed E-state index contributed by atoms with van der Waals surface area (Å²) in [7, 11) is 0. The lowest BCUT2D eigenvalue weighted by molar-refractivity contribution is -0.118. The molecular weight excluding hydrogens is 240 g/mol. The Morgan fingerprint density at radius 1 is 1.42 bits per heavy atom. The summed E-state index contributed by atoms with van der Waals surface area (Å²) in [6, 6.07) is 7.79. The van der Waals surface area contributed by atoms with Crippen molar-refractivity contribution in [3.05, 3.63) is 24.3 Å². The number of nitrogens with one attached hydrogen (secondary N) is 2. The molecule has 19 heavy (non-hydrogen) atoms. The first-order valence-electron chi connectivity index (χ1n) is 6.91. The highest BCUT2D eigenvalue weighted by atomic mass is 16.5. The van der Waals surface area contributed by atoms with Crippen LogP contribution in [0.15, 0.2) is 24.3 Å². The van der Waals surface area contributed by atoms with Crippen LogP contribution in [0.3, 0.4) is 0 Å². The molecule has 1 saturated heterocycles. The predicted octanol–water partition coefficient (Wildman–Crippen LogP) is 2.87. The minimum absolute atomic E-state index is 0.0106. The van der Waals surface area contributed by atoms with Crippen LogP contribution in [0.2, 0.25) is 0 Å². The van der Waals surface area contributed by atoms with Crippen LogP contribution >= 0.6 is 0 Å². The zero-order chi connectivity index (χ0) is 13.7. The molecule has 2 N–H and O–H groups in total. The lowest BCUT2D eigenvalue weighted by atomic mass is 10.2. The Morgan fingerprint density at radius 3 is 2.89 bits per heavy atom. The molecule has 1 fully saturated rings. The van der Waals surface area contributed by atoms with Crippen molar-refractivity contribution in [3.8, 4) is 0 Å². The molecule has 0 aliphatic carbocycles. The fraction of sp³-hybridized carbons (Fsp3) is 0.533. The molecule has 0 aromatic heterocycles. The highest BCUT2D eigenvalue weighted by molar-refractivity contribution is 5.92. The van der Waals surface area contributed by atoms with E-state index in [1.807, 2.05) is 38.1 Å². The lowest BCUT2D eigenvalue weighted by Gasteiger charge is -2.13. The predicted molar refractivity (Wildman–Crippen MR) is 77.4 cm³/mol. The molecule has 0 radical (unpaired) electrons. The molecule has 1 amide bonds. The van der Waals surface area contributed by atoms with Crippen molar-refractivity contribution in [2.75, 3.05) is 23.8 Å². The number of carbonyl (C=O) groups excluding carboxylic acids is 1. The second-order valence-corrected chi connectivity index (χ2v) is 5.24. The first-order chi connectivity index (χ1) is 9.15. The van der Waals surface area contributed by atoms with Crippen LogP contribution in [-0.2, 0) is 9.53 Å². The summed E-state index contributed by atoms with van der Waals surface area (Å²) < 4.78 is 5.57. The third-order valence-corrected chi connectivity index (χ3v) is 3.21. The Kier molecular flexibility index (Phi) is 4.80. The van der Waals surface area contributed by atoms with Gasteiger partial charge in [-0.2, -0.15) is 0 Å². The normalized spacial score (nSPS) is 18.6. The quantitative estimate of drug-likeness (QED) is 0.858. The van der Waals surface area contributed by atoms with E-state index in [1.54, 1.807) is 0 Å². The van der Waals surface area contributed by atoms with Crippen molar-refractivity contribution in [1.82, 2.24) is 0 Å². The second kappa shape index (κ2) is 6.57. The third kappa shape index (κ3) is 4.24. The summed E-state index contributed by atoms with van der Waals surface area (Å²) in [4.78, 5) is 11.6. The third-order valence-electron chi connectivity index (χ3n) is 3.21. The van der Waals surface area contributed by atoms with E-state index in [1.165, 1.54) is 0 Å². The highest BCUT2D eigenvalue weighted by Crippen LogP contribution is 2.18. The average molecular weight is 262 g/mol. The molecule has 1 aromatic rings. The molecule has 0 bridgehead atoms. The molecule has 1 aromatic carbocycles. The molecule has 0 saturated carbocycles. The maximum atomic E-state index is 11.6. The maximum absolute atomic E-state index is 11.6. The van der Waals surface area contributed by atoms with Gasteiger partial charge >= 0.3 is 0 Å². The van der Waals surface area contributed by atoms with Gasteiger partial charge in [-0.3, -0.25) is 4.79 Å². The molecule has 4 nitrogen and oxygen atoms in total. The Morgan fingerprint density at radius 2 is 2.21 bits per heavy atom. The number of amides is 1. The van der Waals surface area contributed by atoms with Crippen LogP contribution in [0.25, 0.3) is 0 Å². The molecule has 0 spiro atoms. The Labute approximate surface area is 114 Å².